The van der Waals surface area contributed by atoms with Gasteiger partial charge >= 0.3 is 0 Å². The second kappa shape index (κ2) is 10.2. The van der Waals surface area contributed by atoms with E-state index in [9.17, 15) is 4.79 Å². The molecular weight excluding hydrogens is 420 g/mol. The Balaban J connectivity index is 1.34. The molecule has 0 radical (unpaired) electrons. The van der Waals surface area contributed by atoms with E-state index in [4.69, 9.17) is 14.2 Å². The van der Waals surface area contributed by atoms with E-state index in [1.54, 1.807) is 39.5 Å². The van der Waals surface area contributed by atoms with Crippen molar-refractivity contribution in [2.24, 2.45) is 5.92 Å². The van der Waals surface area contributed by atoms with Crippen LogP contribution >= 0.6 is 0 Å². The van der Waals surface area contributed by atoms with E-state index in [1.165, 1.54) is 0 Å². The van der Waals surface area contributed by atoms with Crippen molar-refractivity contribution in [3.05, 3.63) is 54.6 Å². The van der Waals surface area contributed by atoms with Crippen molar-refractivity contribution in [1.29, 1.82) is 0 Å². The summed E-state index contributed by atoms with van der Waals surface area (Å²) in [6.45, 7) is 1.49. The summed E-state index contributed by atoms with van der Waals surface area (Å²) in [4.78, 5) is 15.0. The quantitative estimate of drug-likeness (QED) is 0.584. The van der Waals surface area contributed by atoms with Gasteiger partial charge in [0.25, 0.3) is 0 Å². The third kappa shape index (κ3) is 5.16. The molecule has 1 N–H and O–H groups in total. The molecular formula is C25H28N4O4. The number of methoxy groups -OCH3 is 3. The highest BCUT2D eigenvalue weighted by Crippen LogP contribution is 2.31. The van der Waals surface area contributed by atoms with E-state index in [1.807, 2.05) is 36.4 Å². The smallest absolute Gasteiger partial charge is 0.227 e. The van der Waals surface area contributed by atoms with Crippen molar-refractivity contribution < 1.29 is 19.0 Å². The predicted octanol–water partition coefficient (Wildman–Crippen LogP) is 4.02. The van der Waals surface area contributed by atoms with Crippen LogP contribution < -0.4 is 24.4 Å². The average Bonchev–Trinajstić information content (AvgIpc) is 2.89. The maximum atomic E-state index is 12.8. The number of hydrogen-bond acceptors (Lipinski definition) is 7. The lowest BCUT2D eigenvalue weighted by Gasteiger charge is -2.32. The molecule has 1 aliphatic rings. The molecule has 33 heavy (non-hydrogen) atoms. The van der Waals surface area contributed by atoms with Crippen molar-refractivity contribution >= 4 is 17.4 Å². The molecule has 1 aromatic heterocycles. The number of carbonyl (C=O) groups excluding carboxylic acids is 1. The number of nitrogens with one attached hydrogen (secondary N) is 1. The van der Waals surface area contributed by atoms with E-state index in [0.29, 0.717) is 17.2 Å². The summed E-state index contributed by atoms with van der Waals surface area (Å²) in [6, 6.07) is 17.0. The van der Waals surface area contributed by atoms with Crippen molar-refractivity contribution in [2.45, 2.75) is 12.8 Å². The predicted molar refractivity (Wildman–Crippen MR) is 127 cm³/mol. The van der Waals surface area contributed by atoms with Crippen molar-refractivity contribution in [1.82, 2.24) is 10.2 Å². The number of anilines is 2. The van der Waals surface area contributed by atoms with Crippen LogP contribution in [0.1, 0.15) is 12.8 Å². The van der Waals surface area contributed by atoms with Crippen molar-refractivity contribution in [3.63, 3.8) is 0 Å². The van der Waals surface area contributed by atoms with Crippen LogP contribution in [0.4, 0.5) is 11.5 Å². The lowest BCUT2D eigenvalue weighted by Crippen LogP contribution is -2.38. The van der Waals surface area contributed by atoms with Gasteiger partial charge in [-0.25, -0.2) is 0 Å². The van der Waals surface area contributed by atoms with Crippen LogP contribution in [0.25, 0.3) is 11.3 Å². The summed E-state index contributed by atoms with van der Waals surface area (Å²) in [7, 11) is 4.81. The normalized spacial score (nSPS) is 14.0. The van der Waals surface area contributed by atoms with Gasteiger partial charge in [0.05, 0.1) is 32.7 Å². The summed E-state index contributed by atoms with van der Waals surface area (Å²) >= 11 is 0. The molecule has 4 rings (SSSR count). The molecule has 0 spiro atoms. The van der Waals surface area contributed by atoms with Gasteiger partial charge in [-0.2, -0.15) is 0 Å². The fourth-order valence-corrected chi connectivity index (χ4v) is 3.92. The Morgan fingerprint density at radius 2 is 1.58 bits per heavy atom. The first-order valence-electron chi connectivity index (χ1n) is 10.9. The van der Waals surface area contributed by atoms with Gasteiger partial charge in [0.15, 0.2) is 5.82 Å². The molecule has 0 unspecified atom stereocenters. The molecule has 0 saturated carbocycles. The van der Waals surface area contributed by atoms with Gasteiger partial charge in [0.2, 0.25) is 5.91 Å². The molecule has 1 aliphatic heterocycles. The fraction of sp³-hybridized carbons (Fsp3) is 0.320. The molecule has 0 aliphatic carbocycles. The van der Waals surface area contributed by atoms with Crippen molar-refractivity contribution in [3.8, 4) is 28.5 Å². The number of piperidine rings is 1. The average molecular weight is 449 g/mol. The Kier molecular flexibility index (Phi) is 6.92. The second-order valence-electron chi connectivity index (χ2n) is 7.82. The number of carbonyl (C=O) groups is 1. The standard InChI is InChI=1S/C25H28N4O4/c1-31-19-6-4-17(5-7-19)21-10-11-24(28-27-21)29-14-12-18(13-15-29)25(30)26-22-9-8-20(32-2)16-23(22)33-3/h4-11,16,18H,12-15H2,1-3H3,(H,26,30). The Hall–Kier alpha value is -3.81. The van der Waals surface area contributed by atoms with Gasteiger partial charge in [0, 0.05) is 30.6 Å². The number of rotatable bonds is 7. The van der Waals surface area contributed by atoms with Crippen LogP contribution in [-0.4, -0.2) is 50.5 Å². The number of nitrogens with zero attached hydrogens (tertiary/aromatic N) is 3. The zero-order valence-electron chi connectivity index (χ0n) is 19.1. The highest BCUT2D eigenvalue weighted by molar-refractivity contribution is 5.94. The van der Waals surface area contributed by atoms with Crippen LogP contribution in [-0.2, 0) is 4.79 Å². The summed E-state index contributed by atoms with van der Waals surface area (Å²) in [5.74, 6) is 2.81. The van der Waals surface area contributed by atoms with Gasteiger partial charge in [-0.3, -0.25) is 4.79 Å². The Morgan fingerprint density at radius 3 is 2.18 bits per heavy atom. The minimum absolute atomic E-state index is 0.000875. The first kappa shape index (κ1) is 22.4. The molecule has 2 heterocycles. The molecule has 8 heteroatoms. The summed E-state index contributed by atoms with van der Waals surface area (Å²) in [6.07, 6.45) is 1.48. The number of hydrogen-bond donors (Lipinski definition) is 1. The maximum Gasteiger partial charge on any atom is 0.227 e. The largest absolute Gasteiger partial charge is 0.497 e. The van der Waals surface area contributed by atoms with Gasteiger partial charge in [-0.05, 0) is 61.4 Å². The van der Waals surface area contributed by atoms with Crippen LogP contribution in [0.15, 0.2) is 54.6 Å². The third-order valence-electron chi connectivity index (χ3n) is 5.89. The van der Waals surface area contributed by atoms with E-state index in [2.05, 4.69) is 20.4 Å². The highest BCUT2D eigenvalue weighted by atomic mass is 16.5. The third-order valence-corrected chi connectivity index (χ3v) is 5.89. The molecule has 8 nitrogen and oxygen atoms in total. The summed E-state index contributed by atoms with van der Waals surface area (Å²) in [5.41, 5.74) is 2.44. The fourth-order valence-electron chi connectivity index (χ4n) is 3.92. The molecule has 0 bridgehead atoms. The lowest BCUT2D eigenvalue weighted by molar-refractivity contribution is -0.120. The molecule has 2 aromatic carbocycles. The number of amides is 1. The van der Waals surface area contributed by atoms with E-state index >= 15 is 0 Å². The SMILES string of the molecule is COc1ccc(-c2ccc(N3CCC(C(=O)Nc4ccc(OC)cc4OC)CC3)nn2)cc1. The highest BCUT2D eigenvalue weighted by Gasteiger charge is 2.26. The Bertz CT molecular complexity index is 1080. The Morgan fingerprint density at radius 1 is 0.879 bits per heavy atom. The van der Waals surface area contributed by atoms with E-state index in [-0.39, 0.29) is 11.8 Å². The summed E-state index contributed by atoms with van der Waals surface area (Å²) < 4.78 is 15.8. The molecule has 1 saturated heterocycles. The molecule has 1 amide bonds. The molecule has 0 atom stereocenters. The van der Waals surface area contributed by atoms with E-state index in [0.717, 1.165) is 48.8 Å². The maximum absolute atomic E-state index is 12.8. The first-order valence-corrected chi connectivity index (χ1v) is 10.9. The van der Waals surface area contributed by atoms with Gasteiger partial charge in [-0.1, -0.05) is 0 Å². The molecule has 172 valence electrons. The van der Waals surface area contributed by atoms with Gasteiger partial charge in [-0.15, -0.1) is 10.2 Å². The second-order valence-corrected chi connectivity index (χ2v) is 7.82. The Labute approximate surface area is 193 Å². The van der Waals surface area contributed by atoms with Crippen LogP contribution in [0.5, 0.6) is 17.2 Å². The monoisotopic (exact) mass is 448 g/mol. The number of benzene rings is 2. The minimum Gasteiger partial charge on any atom is -0.497 e. The van der Waals surface area contributed by atoms with Crippen LogP contribution in [0.3, 0.4) is 0 Å². The first-order chi connectivity index (χ1) is 16.1. The van der Waals surface area contributed by atoms with Gasteiger partial charge < -0.3 is 24.4 Å². The van der Waals surface area contributed by atoms with Gasteiger partial charge in [0.1, 0.15) is 17.2 Å². The number of aromatic nitrogens is 2. The zero-order chi connectivity index (χ0) is 23.2. The molecule has 3 aromatic rings. The minimum atomic E-state index is -0.0698. The van der Waals surface area contributed by atoms with Crippen LogP contribution in [0.2, 0.25) is 0 Å². The van der Waals surface area contributed by atoms with Crippen LogP contribution in [0, 0.1) is 5.92 Å². The zero-order valence-corrected chi connectivity index (χ0v) is 19.1. The number of ether oxygens (including phenoxy) is 3. The summed E-state index contributed by atoms with van der Waals surface area (Å²) in [5, 5.41) is 11.8. The van der Waals surface area contributed by atoms with E-state index < -0.39 is 0 Å². The molecule has 1 fully saturated rings. The van der Waals surface area contributed by atoms with Crippen molar-refractivity contribution in [2.75, 3.05) is 44.6 Å². The lowest BCUT2D eigenvalue weighted by atomic mass is 9.95. The topological polar surface area (TPSA) is 85.8 Å².